The average molecular weight is 293 g/mol. The lowest BCUT2D eigenvalue weighted by molar-refractivity contribution is -0.264. The van der Waals surface area contributed by atoms with Gasteiger partial charge in [-0.3, -0.25) is 0 Å². The van der Waals surface area contributed by atoms with Crippen LogP contribution in [0.1, 0.15) is 56.8 Å². The van der Waals surface area contributed by atoms with Gasteiger partial charge in [-0.25, -0.2) is 9.69 Å². The molecule has 0 amide bonds. The Hall–Kier alpha value is -1.39. The molecule has 0 heterocycles. The van der Waals surface area contributed by atoms with E-state index >= 15 is 0 Å². The Labute approximate surface area is 127 Å². The van der Waals surface area contributed by atoms with E-state index in [2.05, 4.69) is 6.92 Å². The molecular weight excluding hydrogens is 266 g/mol. The van der Waals surface area contributed by atoms with E-state index in [1.165, 1.54) is 0 Å². The molecule has 0 fully saturated rings. The van der Waals surface area contributed by atoms with Crippen molar-refractivity contribution in [1.82, 2.24) is 4.90 Å². The van der Waals surface area contributed by atoms with Gasteiger partial charge in [0.25, 0.3) is 5.91 Å². The third-order valence-corrected chi connectivity index (χ3v) is 3.63. The van der Waals surface area contributed by atoms with Crippen LogP contribution in [0.2, 0.25) is 0 Å². The molecule has 0 spiro atoms. The van der Waals surface area contributed by atoms with Crippen molar-refractivity contribution in [2.75, 3.05) is 13.1 Å². The average Bonchev–Trinajstić information content (AvgIpc) is 2.49. The molecule has 4 nitrogen and oxygen atoms in total. The molecule has 1 atom stereocenters. The minimum Gasteiger partial charge on any atom is -0.415 e. The number of unbranched alkanes of at least 4 members (excludes halogenated alkanes) is 2. The van der Waals surface area contributed by atoms with E-state index in [1.54, 1.807) is 29.2 Å². The van der Waals surface area contributed by atoms with Gasteiger partial charge >= 0.3 is 5.97 Å². The first-order valence-electron chi connectivity index (χ1n) is 7.83. The van der Waals surface area contributed by atoms with Crippen LogP contribution < -0.4 is 0 Å². The molecule has 1 unspecified atom stereocenters. The Morgan fingerprint density at radius 2 is 1.76 bits per heavy atom. The maximum atomic E-state index is 12.2. The van der Waals surface area contributed by atoms with E-state index < -0.39 is 11.9 Å². The van der Waals surface area contributed by atoms with Crippen LogP contribution in [0.4, 0.5) is 0 Å². The maximum Gasteiger partial charge on any atom is 0.341 e. The molecule has 1 N–H and O–H groups in total. The van der Waals surface area contributed by atoms with Crippen molar-refractivity contribution < 1.29 is 14.6 Å². The normalized spacial score (nSPS) is 14.0. The third-order valence-electron chi connectivity index (χ3n) is 3.63. The molecule has 0 radical (unpaired) electrons. The highest BCUT2D eigenvalue weighted by Gasteiger charge is 2.36. The fourth-order valence-electron chi connectivity index (χ4n) is 2.38. The third kappa shape index (κ3) is 5.14. The number of esters is 1. The summed E-state index contributed by atoms with van der Waals surface area (Å²) in [6.07, 6.45) is 3.32. The van der Waals surface area contributed by atoms with Gasteiger partial charge in [0.1, 0.15) is 0 Å². The molecule has 0 bridgehead atoms. The van der Waals surface area contributed by atoms with Crippen LogP contribution in [0.3, 0.4) is 0 Å². The Morgan fingerprint density at radius 1 is 1.14 bits per heavy atom. The fourth-order valence-corrected chi connectivity index (χ4v) is 2.38. The van der Waals surface area contributed by atoms with Crippen LogP contribution in [0, 0.1) is 0 Å². The van der Waals surface area contributed by atoms with Crippen LogP contribution >= 0.6 is 0 Å². The quantitative estimate of drug-likeness (QED) is 0.430. The molecule has 1 aromatic carbocycles. The number of hydrogen-bond donors (Lipinski definition) is 1. The SMILES string of the molecule is CCCCCC(O)(OC(=O)c1ccccc1)N(CC)CC. The number of carbonyl (C=O) groups excluding carboxylic acids is 1. The summed E-state index contributed by atoms with van der Waals surface area (Å²) in [7, 11) is 0. The van der Waals surface area contributed by atoms with E-state index in [9.17, 15) is 9.90 Å². The van der Waals surface area contributed by atoms with Gasteiger partial charge in [0.05, 0.1) is 5.56 Å². The van der Waals surface area contributed by atoms with Crippen LogP contribution in [-0.4, -0.2) is 35.0 Å². The smallest absolute Gasteiger partial charge is 0.341 e. The number of rotatable bonds is 9. The Morgan fingerprint density at radius 3 is 2.29 bits per heavy atom. The zero-order valence-corrected chi connectivity index (χ0v) is 13.3. The minimum atomic E-state index is -1.52. The van der Waals surface area contributed by atoms with Gasteiger partial charge in [0.15, 0.2) is 0 Å². The highest BCUT2D eigenvalue weighted by atomic mass is 16.7. The minimum absolute atomic E-state index is 0.432. The van der Waals surface area contributed by atoms with Crippen LogP contribution in [-0.2, 0) is 4.74 Å². The molecule has 118 valence electrons. The predicted octanol–water partition coefficient (Wildman–Crippen LogP) is 3.41. The number of ether oxygens (including phenoxy) is 1. The molecule has 0 aliphatic carbocycles. The van der Waals surface area contributed by atoms with Crippen LogP contribution in [0.15, 0.2) is 30.3 Å². The molecule has 1 aromatic rings. The van der Waals surface area contributed by atoms with E-state index in [4.69, 9.17) is 4.74 Å². The molecule has 21 heavy (non-hydrogen) atoms. The van der Waals surface area contributed by atoms with Gasteiger partial charge in [-0.2, -0.15) is 0 Å². The Kier molecular flexibility index (Phi) is 7.40. The molecule has 0 saturated carbocycles. The van der Waals surface area contributed by atoms with Gasteiger partial charge in [0.2, 0.25) is 0 Å². The first kappa shape index (κ1) is 17.7. The van der Waals surface area contributed by atoms with E-state index in [1.807, 2.05) is 19.9 Å². The highest BCUT2D eigenvalue weighted by molar-refractivity contribution is 5.89. The second-order valence-electron chi connectivity index (χ2n) is 5.13. The van der Waals surface area contributed by atoms with Gasteiger partial charge < -0.3 is 9.84 Å². The van der Waals surface area contributed by atoms with Crippen molar-refractivity contribution in [3.05, 3.63) is 35.9 Å². The van der Waals surface area contributed by atoms with Crippen molar-refractivity contribution in [2.45, 2.75) is 52.4 Å². The first-order valence-corrected chi connectivity index (χ1v) is 7.83. The van der Waals surface area contributed by atoms with Crippen molar-refractivity contribution in [2.24, 2.45) is 0 Å². The van der Waals surface area contributed by atoms with Gasteiger partial charge in [-0.05, 0) is 18.6 Å². The number of hydrogen-bond acceptors (Lipinski definition) is 4. The van der Waals surface area contributed by atoms with E-state index in [0.717, 1.165) is 19.3 Å². The van der Waals surface area contributed by atoms with Gasteiger partial charge in [-0.15, -0.1) is 0 Å². The lowest BCUT2D eigenvalue weighted by Gasteiger charge is -2.37. The molecule has 4 heteroatoms. The summed E-state index contributed by atoms with van der Waals surface area (Å²) in [5.41, 5.74) is 0.457. The maximum absolute atomic E-state index is 12.2. The van der Waals surface area contributed by atoms with Crippen molar-refractivity contribution in [3.8, 4) is 0 Å². The zero-order chi connectivity index (χ0) is 15.7. The highest BCUT2D eigenvalue weighted by Crippen LogP contribution is 2.23. The summed E-state index contributed by atoms with van der Waals surface area (Å²) in [4.78, 5) is 14.0. The van der Waals surface area contributed by atoms with Crippen LogP contribution in [0.25, 0.3) is 0 Å². The van der Waals surface area contributed by atoms with Crippen molar-refractivity contribution >= 4 is 5.97 Å². The fraction of sp³-hybridized carbons (Fsp3) is 0.588. The second-order valence-corrected chi connectivity index (χ2v) is 5.13. The second kappa shape index (κ2) is 8.80. The Bertz CT molecular complexity index is 417. The first-order chi connectivity index (χ1) is 10.1. The summed E-state index contributed by atoms with van der Waals surface area (Å²) in [6.45, 7) is 7.25. The summed E-state index contributed by atoms with van der Waals surface area (Å²) < 4.78 is 5.46. The monoisotopic (exact) mass is 293 g/mol. The van der Waals surface area contributed by atoms with E-state index in [0.29, 0.717) is 25.1 Å². The zero-order valence-electron chi connectivity index (χ0n) is 13.3. The number of benzene rings is 1. The lowest BCUT2D eigenvalue weighted by Crippen LogP contribution is -2.52. The topological polar surface area (TPSA) is 49.8 Å². The van der Waals surface area contributed by atoms with Crippen LogP contribution in [0.5, 0.6) is 0 Å². The number of nitrogens with zero attached hydrogens (tertiary/aromatic N) is 1. The molecule has 0 saturated heterocycles. The summed E-state index contributed by atoms with van der Waals surface area (Å²) in [5.74, 6) is -2.01. The van der Waals surface area contributed by atoms with Crippen molar-refractivity contribution in [1.29, 1.82) is 0 Å². The van der Waals surface area contributed by atoms with Crippen molar-refractivity contribution in [3.63, 3.8) is 0 Å². The molecular formula is C17H27NO3. The summed E-state index contributed by atoms with van der Waals surface area (Å²) in [5, 5.41) is 10.8. The predicted molar refractivity (Wildman–Crippen MR) is 83.9 cm³/mol. The Balaban J connectivity index is 2.83. The van der Waals surface area contributed by atoms with Gasteiger partial charge in [-0.1, -0.05) is 51.8 Å². The lowest BCUT2D eigenvalue weighted by atomic mass is 10.1. The van der Waals surface area contributed by atoms with E-state index in [-0.39, 0.29) is 0 Å². The number of carbonyl (C=O) groups is 1. The number of aliphatic hydroxyl groups is 1. The van der Waals surface area contributed by atoms with Gasteiger partial charge in [0, 0.05) is 19.5 Å². The largest absolute Gasteiger partial charge is 0.415 e. The summed E-state index contributed by atoms with van der Waals surface area (Å²) in [6, 6.07) is 8.79. The molecule has 0 aliphatic heterocycles. The molecule has 0 aromatic heterocycles. The molecule has 1 rings (SSSR count). The summed E-state index contributed by atoms with van der Waals surface area (Å²) >= 11 is 0. The standard InChI is InChI=1S/C17H27NO3/c1-4-7-11-14-17(20,18(5-2)6-3)21-16(19)15-12-9-8-10-13-15/h8-10,12-13,20H,4-7,11,14H2,1-3H3. The molecule has 0 aliphatic rings.